The maximum Gasteiger partial charge on any atom is 0.155 e. The van der Waals surface area contributed by atoms with Crippen molar-refractivity contribution in [2.24, 2.45) is 28.6 Å². The first kappa shape index (κ1) is 26.5. The summed E-state index contributed by atoms with van der Waals surface area (Å²) in [5, 5.41) is 11.1. The topological polar surface area (TPSA) is 46.5 Å². The van der Waals surface area contributed by atoms with Crippen molar-refractivity contribution >= 4 is 5.78 Å². The Morgan fingerprint density at radius 3 is 2.51 bits per heavy atom. The highest BCUT2D eigenvalue weighted by Gasteiger charge is 2.62. The van der Waals surface area contributed by atoms with Gasteiger partial charge in [-0.1, -0.05) is 65.2 Å². The van der Waals surface area contributed by atoms with Crippen LogP contribution in [0.25, 0.3) is 0 Å². The lowest BCUT2D eigenvalue weighted by atomic mass is 9.44. The second-order valence-corrected chi connectivity index (χ2v) is 11.9. The number of allylic oxidation sites excluding steroid dienone is 1. The van der Waals surface area contributed by atoms with E-state index < -0.39 is 0 Å². The molecular weight excluding hydrogens is 432 g/mol. The minimum atomic E-state index is -0.190. The van der Waals surface area contributed by atoms with Crippen molar-refractivity contribution in [3.63, 3.8) is 0 Å². The molecule has 35 heavy (non-hydrogen) atoms. The molecule has 0 aromatic heterocycles. The van der Waals surface area contributed by atoms with E-state index in [0.717, 1.165) is 50.9 Å². The lowest BCUT2D eigenvalue weighted by Crippen LogP contribution is -2.54. The zero-order chi connectivity index (χ0) is 25.2. The molecule has 4 aliphatic rings. The molecule has 0 aliphatic heterocycles. The van der Waals surface area contributed by atoms with Crippen LogP contribution in [0.15, 0.2) is 35.9 Å². The Morgan fingerprint density at radius 2 is 1.80 bits per heavy atom. The van der Waals surface area contributed by atoms with Gasteiger partial charge in [-0.15, -0.1) is 0 Å². The second kappa shape index (κ2) is 10.8. The van der Waals surface area contributed by atoms with E-state index in [4.69, 9.17) is 4.74 Å². The monoisotopic (exact) mass is 482 g/mol. The largest absolute Gasteiger partial charge is 0.494 e. The average molecular weight is 483 g/mol. The molecule has 5 rings (SSSR count). The predicted octanol–water partition coefficient (Wildman–Crippen LogP) is 8.11. The second-order valence-electron chi connectivity index (χ2n) is 11.9. The lowest BCUT2D eigenvalue weighted by Gasteiger charge is -2.61. The summed E-state index contributed by atoms with van der Waals surface area (Å²) < 4.78 is 5.99. The number of aliphatic hydroxyl groups is 1. The Bertz CT molecular complexity index is 908. The number of ketones is 1. The number of ether oxygens (including phenoxy) is 1. The van der Waals surface area contributed by atoms with Gasteiger partial charge in [0.1, 0.15) is 5.75 Å². The molecule has 1 N–H and O–H groups in total. The highest BCUT2D eigenvalue weighted by atomic mass is 16.5. The van der Waals surface area contributed by atoms with Crippen LogP contribution in [-0.2, 0) is 4.79 Å². The van der Waals surface area contributed by atoms with Crippen molar-refractivity contribution in [1.29, 1.82) is 0 Å². The van der Waals surface area contributed by atoms with Crippen molar-refractivity contribution < 1.29 is 16.1 Å². The van der Waals surface area contributed by atoms with Crippen LogP contribution in [0.3, 0.4) is 0 Å². The Balaban J connectivity index is 0.00000117. The molecular formula is C32H50O3. The van der Waals surface area contributed by atoms with Gasteiger partial charge in [-0.25, -0.2) is 0 Å². The number of unbranched alkanes of at least 4 members (excludes halogenated alkanes) is 2. The van der Waals surface area contributed by atoms with Crippen molar-refractivity contribution in [2.45, 2.75) is 111 Å². The van der Waals surface area contributed by atoms with E-state index in [1.807, 2.05) is 19.9 Å². The van der Waals surface area contributed by atoms with Gasteiger partial charge in [0, 0.05) is 7.85 Å². The molecule has 0 amide bonds. The Hall–Kier alpha value is -1.61. The SMILES string of the molecule is CC.CCCCCOc1ccc(C2CC3(C)C(O)CCC3C3CCC4=CC(=O)CCC4(C)C23)cc1.[HH]. The van der Waals surface area contributed by atoms with Gasteiger partial charge in [0.05, 0.1) is 12.7 Å². The highest BCUT2D eigenvalue weighted by molar-refractivity contribution is 5.91. The Kier molecular flexibility index (Phi) is 8.15. The van der Waals surface area contributed by atoms with Crippen LogP contribution in [-0.4, -0.2) is 23.6 Å². The fourth-order valence-electron chi connectivity index (χ4n) is 8.40. The van der Waals surface area contributed by atoms with E-state index in [9.17, 15) is 9.90 Å². The summed E-state index contributed by atoms with van der Waals surface area (Å²) in [5.74, 6) is 3.48. The van der Waals surface area contributed by atoms with Gasteiger partial charge in [-0.3, -0.25) is 4.79 Å². The third-order valence-electron chi connectivity index (χ3n) is 10.2. The third-order valence-corrected chi connectivity index (χ3v) is 10.2. The van der Waals surface area contributed by atoms with E-state index in [-0.39, 0.29) is 18.4 Å². The number of rotatable bonds is 6. The highest BCUT2D eigenvalue weighted by Crippen LogP contribution is 2.68. The van der Waals surface area contributed by atoms with Crippen LogP contribution in [0.2, 0.25) is 0 Å². The molecule has 0 bridgehead atoms. The first-order chi connectivity index (χ1) is 16.9. The number of benzene rings is 1. The maximum absolute atomic E-state index is 12.3. The summed E-state index contributed by atoms with van der Waals surface area (Å²) in [6, 6.07) is 8.89. The summed E-state index contributed by atoms with van der Waals surface area (Å²) >= 11 is 0. The zero-order valence-corrected chi connectivity index (χ0v) is 22.8. The van der Waals surface area contributed by atoms with Gasteiger partial charge in [0.15, 0.2) is 5.78 Å². The van der Waals surface area contributed by atoms with Crippen LogP contribution in [0.1, 0.15) is 112 Å². The number of carbonyl (C=O) groups excluding carboxylic acids is 1. The molecule has 0 saturated heterocycles. The molecule has 4 aliphatic carbocycles. The molecule has 7 unspecified atom stereocenters. The molecule has 1 aromatic carbocycles. The smallest absolute Gasteiger partial charge is 0.155 e. The van der Waals surface area contributed by atoms with Crippen molar-refractivity contribution in [1.82, 2.24) is 0 Å². The lowest BCUT2D eigenvalue weighted by molar-refractivity contribution is -0.118. The standard InChI is InChI=1S/C30H42O3.C2H6.H2/c1-4-5-6-17-33-23-10-7-20(8-11-23)25-19-30(3)26(13-14-27(30)32)24-12-9-21-18-22(31)15-16-29(21,2)28(24)25;1-2;/h7-8,10-11,18,24-28,32H,4-6,9,12-17,19H2,1-3H3;1-2H3;1H. The molecule has 0 spiro atoms. The summed E-state index contributed by atoms with van der Waals surface area (Å²) in [5.41, 5.74) is 2.90. The third kappa shape index (κ3) is 4.75. The molecule has 3 nitrogen and oxygen atoms in total. The van der Waals surface area contributed by atoms with E-state index >= 15 is 0 Å². The number of hydrogen-bond acceptors (Lipinski definition) is 3. The molecule has 0 heterocycles. The van der Waals surface area contributed by atoms with Gasteiger partial charge in [-0.05, 0) is 103 Å². The first-order valence-corrected chi connectivity index (χ1v) is 14.5. The normalized spacial score (nSPS) is 37.8. The fraction of sp³-hybridized carbons (Fsp3) is 0.719. The van der Waals surface area contributed by atoms with Crippen LogP contribution in [0.5, 0.6) is 5.75 Å². The predicted molar refractivity (Wildman–Crippen MR) is 146 cm³/mol. The number of fused-ring (bicyclic) bond motifs is 5. The molecule has 3 heteroatoms. The molecule has 3 fully saturated rings. The van der Waals surface area contributed by atoms with Gasteiger partial charge in [0.2, 0.25) is 0 Å². The van der Waals surface area contributed by atoms with Gasteiger partial charge < -0.3 is 9.84 Å². The average Bonchev–Trinajstić information content (AvgIpc) is 3.17. The minimum Gasteiger partial charge on any atom is -0.494 e. The summed E-state index contributed by atoms with van der Waals surface area (Å²) in [7, 11) is 0. The number of hydrogen-bond donors (Lipinski definition) is 1. The Morgan fingerprint density at radius 1 is 1.06 bits per heavy atom. The molecule has 196 valence electrons. The first-order valence-electron chi connectivity index (χ1n) is 14.5. The van der Waals surface area contributed by atoms with E-state index in [1.165, 1.54) is 30.4 Å². The summed E-state index contributed by atoms with van der Waals surface area (Å²) in [6.07, 6.45) is 12.4. The number of aliphatic hydroxyl groups excluding tert-OH is 1. The van der Waals surface area contributed by atoms with Crippen molar-refractivity contribution in [2.75, 3.05) is 6.61 Å². The van der Waals surface area contributed by atoms with Crippen LogP contribution in [0, 0.1) is 28.6 Å². The van der Waals surface area contributed by atoms with Crippen LogP contribution < -0.4 is 4.74 Å². The van der Waals surface area contributed by atoms with E-state index in [1.54, 1.807) is 0 Å². The fourth-order valence-corrected chi connectivity index (χ4v) is 8.40. The zero-order valence-electron chi connectivity index (χ0n) is 22.8. The van der Waals surface area contributed by atoms with Crippen molar-refractivity contribution in [3.8, 4) is 5.75 Å². The molecule has 3 saturated carbocycles. The van der Waals surface area contributed by atoms with Crippen molar-refractivity contribution in [3.05, 3.63) is 41.5 Å². The quantitative estimate of drug-likeness (QED) is 0.416. The van der Waals surface area contributed by atoms with Gasteiger partial charge in [0.25, 0.3) is 0 Å². The Labute approximate surface area is 215 Å². The maximum atomic E-state index is 12.3. The van der Waals surface area contributed by atoms with E-state index in [2.05, 4.69) is 45.0 Å². The van der Waals surface area contributed by atoms with Gasteiger partial charge in [-0.2, -0.15) is 0 Å². The molecule has 0 radical (unpaired) electrons. The summed E-state index contributed by atoms with van der Waals surface area (Å²) in [4.78, 5) is 12.3. The summed E-state index contributed by atoms with van der Waals surface area (Å²) in [6.45, 7) is 11.8. The minimum absolute atomic E-state index is 0. The van der Waals surface area contributed by atoms with Crippen LogP contribution >= 0.6 is 0 Å². The molecule has 1 aromatic rings. The van der Waals surface area contributed by atoms with Crippen LogP contribution in [0.4, 0.5) is 0 Å². The van der Waals surface area contributed by atoms with E-state index in [0.29, 0.717) is 35.9 Å². The number of carbonyl (C=O) groups is 1. The molecule has 7 atom stereocenters. The van der Waals surface area contributed by atoms with Gasteiger partial charge >= 0.3 is 0 Å².